The Labute approximate surface area is 185 Å². The average molecular weight is 435 g/mol. The van der Waals surface area contributed by atoms with Gasteiger partial charge in [-0.1, -0.05) is 18.2 Å². The maximum Gasteiger partial charge on any atom is 0.321 e. The van der Waals surface area contributed by atoms with Crippen molar-refractivity contribution in [2.75, 3.05) is 13.7 Å². The minimum atomic E-state index is -0.602. The molecule has 0 aliphatic rings. The fraction of sp³-hybridized carbons (Fsp3) is 0.208. The van der Waals surface area contributed by atoms with Crippen LogP contribution >= 0.6 is 0 Å². The summed E-state index contributed by atoms with van der Waals surface area (Å²) in [5, 5.41) is 4.87. The lowest BCUT2D eigenvalue weighted by molar-refractivity contribution is -0.119. The van der Waals surface area contributed by atoms with Gasteiger partial charge in [-0.25, -0.2) is 4.79 Å². The number of carbonyl (C=O) groups is 2. The van der Waals surface area contributed by atoms with Gasteiger partial charge in [0, 0.05) is 24.8 Å². The van der Waals surface area contributed by atoms with Crippen LogP contribution in [0.25, 0.3) is 0 Å². The van der Waals surface area contributed by atoms with Crippen molar-refractivity contribution in [2.45, 2.75) is 19.9 Å². The summed E-state index contributed by atoms with van der Waals surface area (Å²) in [6.07, 6.45) is 1.70. The Hall–Kier alpha value is -4.07. The van der Waals surface area contributed by atoms with E-state index < -0.39 is 11.9 Å². The van der Waals surface area contributed by atoms with Gasteiger partial charge in [-0.15, -0.1) is 0 Å². The number of hydrogen-bond acceptors (Lipinski definition) is 5. The summed E-state index contributed by atoms with van der Waals surface area (Å²) < 4.78 is 12.4. The van der Waals surface area contributed by atoms with E-state index in [1.54, 1.807) is 80.9 Å². The van der Waals surface area contributed by atoms with Gasteiger partial charge in [0.2, 0.25) is 5.91 Å². The number of pyridine rings is 1. The highest BCUT2D eigenvalue weighted by Crippen LogP contribution is 2.24. The Bertz CT molecular complexity index is 1120. The third-order valence-electron chi connectivity index (χ3n) is 4.68. The highest BCUT2D eigenvalue weighted by Gasteiger charge is 2.09. The molecule has 32 heavy (non-hydrogen) atoms. The lowest BCUT2D eigenvalue weighted by Gasteiger charge is -2.09. The summed E-state index contributed by atoms with van der Waals surface area (Å²) in [6.45, 7) is 2.27. The zero-order valence-electron chi connectivity index (χ0n) is 18.0. The van der Waals surface area contributed by atoms with Gasteiger partial charge in [-0.3, -0.25) is 14.9 Å². The molecule has 2 aromatic carbocycles. The molecule has 1 heterocycles. The molecule has 0 bridgehead atoms. The Balaban J connectivity index is 1.43. The molecule has 0 aliphatic carbocycles. The quantitative estimate of drug-likeness (QED) is 0.567. The van der Waals surface area contributed by atoms with E-state index in [1.165, 1.54) is 4.57 Å². The largest absolute Gasteiger partial charge is 0.497 e. The first-order valence-electron chi connectivity index (χ1n) is 10.1. The first kappa shape index (κ1) is 22.6. The van der Waals surface area contributed by atoms with Crippen LogP contribution in [0.1, 0.15) is 11.1 Å². The van der Waals surface area contributed by atoms with Gasteiger partial charge in [-0.2, -0.15) is 0 Å². The highest BCUT2D eigenvalue weighted by molar-refractivity contribution is 5.95. The minimum Gasteiger partial charge on any atom is -0.497 e. The summed E-state index contributed by atoms with van der Waals surface area (Å²) in [4.78, 5) is 36.0. The second kappa shape index (κ2) is 10.8. The van der Waals surface area contributed by atoms with Gasteiger partial charge in [0.05, 0.1) is 13.5 Å². The summed E-state index contributed by atoms with van der Waals surface area (Å²) in [7, 11) is 1.60. The number of imide groups is 1. The molecule has 0 saturated heterocycles. The lowest BCUT2D eigenvalue weighted by Crippen LogP contribution is -2.42. The van der Waals surface area contributed by atoms with Crippen molar-refractivity contribution in [1.82, 2.24) is 15.2 Å². The van der Waals surface area contributed by atoms with Gasteiger partial charge in [0.25, 0.3) is 5.56 Å². The van der Waals surface area contributed by atoms with E-state index in [9.17, 15) is 14.4 Å². The highest BCUT2D eigenvalue weighted by atomic mass is 16.5. The van der Waals surface area contributed by atoms with Gasteiger partial charge in [0.1, 0.15) is 17.2 Å². The van der Waals surface area contributed by atoms with Crippen molar-refractivity contribution >= 4 is 11.9 Å². The maximum atomic E-state index is 12.1. The summed E-state index contributed by atoms with van der Waals surface area (Å²) in [6, 6.07) is 17.2. The lowest BCUT2D eigenvalue weighted by atomic mass is 10.1. The standard InChI is InChI=1S/C24H25N3O5/c1-17-4-3-14-27(23(17)29)15-13-25-24(30)26-22(28)16-18-5-7-20(8-6-18)32-21-11-9-19(31-2)10-12-21/h3-12,14H,13,15-16H2,1-2H3,(H2,25,26,28,30). The molecule has 0 aliphatic heterocycles. The monoisotopic (exact) mass is 435 g/mol. The van der Waals surface area contributed by atoms with Crippen molar-refractivity contribution in [3.05, 3.63) is 88.3 Å². The van der Waals surface area contributed by atoms with Crippen molar-refractivity contribution in [2.24, 2.45) is 0 Å². The molecule has 0 spiro atoms. The number of aryl methyl sites for hydroxylation is 1. The second-order valence-corrected chi connectivity index (χ2v) is 7.09. The third-order valence-corrected chi connectivity index (χ3v) is 4.68. The zero-order valence-corrected chi connectivity index (χ0v) is 18.0. The van der Waals surface area contributed by atoms with Gasteiger partial charge in [-0.05, 0) is 55.0 Å². The molecule has 166 valence electrons. The Kier molecular flexibility index (Phi) is 7.64. The molecule has 0 saturated carbocycles. The number of hydrogen-bond donors (Lipinski definition) is 2. The molecule has 3 rings (SSSR count). The Morgan fingerprint density at radius 2 is 1.56 bits per heavy atom. The van der Waals surface area contributed by atoms with E-state index in [2.05, 4.69) is 10.6 Å². The number of urea groups is 1. The SMILES string of the molecule is COc1ccc(Oc2ccc(CC(=O)NC(=O)NCCn3cccc(C)c3=O)cc2)cc1. The zero-order chi connectivity index (χ0) is 22.9. The van der Waals surface area contributed by atoms with Gasteiger partial charge < -0.3 is 19.4 Å². The number of ether oxygens (including phenoxy) is 2. The van der Waals surface area contributed by atoms with E-state index in [0.717, 1.165) is 11.3 Å². The first-order chi connectivity index (χ1) is 15.4. The molecule has 8 nitrogen and oxygen atoms in total. The van der Waals surface area contributed by atoms with Crippen molar-refractivity contribution in [1.29, 1.82) is 0 Å². The number of carbonyl (C=O) groups excluding carboxylic acids is 2. The van der Waals surface area contributed by atoms with Crippen LogP contribution in [-0.4, -0.2) is 30.2 Å². The third kappa shape index (κ3) is 6.46. The Morgan fingerprint density at radius 3 is 2.22 bits per heavy atom. The number of nitrogens with zero attached hydrogens (tertiary/aromatic N) is 1. The number of rotatable bonds is 8. The van der Waals surface area contributed by atoms with E-state index in [0.29, 0.717) is 23.6 Å². The van der Waals surface area contributed by atoms with E-state index in [-0.39, 0.29) is 18.5 Å². The second-order valence-electron chi connectivity index (χ2n) is 7.09. The van der Waals surface area contributed by atoms with E-state index in [1.807, 2.05) is 0 Å². The molecule has 3 amide bonds. The summed E-state index contributed by atoms with van der Waals surface area (Å²) in [5.41, 5.74) is 1.27. The van der Waals surface area contributed by atoms with Crippen LogP contribution in [0.3, 0.4) is 0 Å². The van der Waals surface area contributed by atoms with Gasteiger partial charge in [0.15, 0.2) is 0 Å². The summed E-state index contributed by atoms with van der Waals surface area (Å²) in [5.74, 6) is 1.61. The average Bonchev–Trinajstić information content (AvgIpc) is 2.78. The first-order valence-corrected chi connectivity index (χ1v) is 10.1. The minimum absolute atomic E-state index is 0.0492. The van der Waals surface area contributed by atoms with Crippen molar-refractivity contribution in [3.8, 4) is 17.2 Å². The van der Waals surface area contributed by atoms with Gasteiger partial charge >= 0.3 is 6.03 Å². The molecule has 0 atom stereocenters. The molecule has 8 heteroatoms. The number of nitrogens with one attached hydrogen (secondary N) is 2. The predicted octanol–water partition coefficient (Wildman–Crippen LogP) is 3.03. The number of amides is 3. The topological polar surface area (TPSA) is 98.7 Å². The number of methoxy groups -OCH3 is 1. The van der Waals surface area contributed by atoms with Crippen LogP contribution in [-0.2, 0) is 17.8 Å². The molecule has 0 fully saturated rings. The molecule has 0 unspecified atom stereocenters. The summed E-state index contributed by atoms with van der Waals surface area (Å²) >= 11 is 0. The van der Waals surface area contributed by atoms with Crippen LogP contribution < -0.4 is 25.7 Å². The van der Waals surface area contributed by atoms with Crippen molar-refractivity contribution in [3.63, 3.8) is 0 Å². The fourth-order valence-electron chi connectivity index (χ4n) is 2.98. The predicted molar refractivity (Wildman–Crippen MR) is 120 cm³/mol. The van der Waals surface area contributed by atoms with Crippen LogP contribution in [0.2, 0.25) is 0 Å². The fourth-order valence-corrected chi connectivity index (χ4v) is 2.98. The molecule has 0 radical (unpaired) electrons. The number of benzene rings is 2. The van der Waals surface area contributed by atoms with E-state index in [4.69, 9.17) is 9.47 Å². The molecule has 2 N–H and O–H groups in total. The Morgan fingerprint density at radius 1 is 0.938 bits per heavy atom. The van der Waals surface area contributed by atoms with Crippen molar-refractivity contribution < 1.29 is 19.1 Å². The molecular formula is C24H25N3O5. The number of aromatic nitrogens is 1. The molecule has 3 aromatic rings. The smallest absolute Gasteiger partial charge is 0.321 e. The maximum absolute atomic E-state index is 12.1. The van der Waals surface area contributed by atoms with Crippen LogP contribution in [0.15, 0.2) is 71.7 Å². The molecular weight excluding hydrogens is 410 g/mol. The van der Waals surface area contributed by atoms with E-state index >= 15 is 0 Å². The molecule has 1 aromatic heterocycles. The van der Waals surface area contributed by atoms with Crippen LogP contribution in [0.4, 0.5) is 4.79 Å². The van der Waals surface area contributed by atoms with Crippen LogP contribution in [0, 0.1) is 6.92 Å². The van der Waals surface area contributed by atoms with Crippen LogP contribution in [0.5, 0.6) is 17.2 Å². The normalized spacial score (nSPS) is 10.3.